The van der Waals surface area contributed by atoms with E-state index in [2.05, 4.69) is 26.1 Å². The Kier molecular flexibility index (Phi) is 5.05. The van der Waals surface area contributed by atoms with E-state index >= 15 is 0 Å². The number of nitrogens with one attached hydrogen (secondary N) is 1. The molecular formula is C15H29NO2. The molecule has 1 saturated heterocycles. The zero-order chi connectivity index (χ0) is 13.0. The maximum atomic E-state index is 6.20. The molecule has 2 fully saturated rings. The van der Waals surface area contributed by atoms with Gasteiger partial charge in [0.25, 0.3) is 0 Å². The van der Waals surface area contributed by atoms with Crippen molar-refractivity contribution in [2.45, 2.75) is 58.6 Å². The molecule has 3 atom stereocenters. The topological polar surface area (TPSA) is 30.5 Å². The average Bonchev–Trinajstić information content (AvgIpc) is 2.42. The molecule has 1 N–H and O–H groups in total. The van der Waals surface area contributed by atoms with Crippen LogP contribution in [-0.4, -0.2) is 38.5 Å². The first-order valence-electron chi connectivity index (χ1n) is 7.63. The molecule has 2 aliphatic rings. The van der Waals surface area contributed by atoms with Crippen LogP contribution in [-0.2, 0) is 9.47 Å². The summed E-state index contributed by atoms with van der Waals surface area (Å²) in [7, 11) is 0. The van der Waals surface area contributed by atoms with Crippen molar-refractivity contribution in [3.8, 4) is 0 Å². The van der Waals surface area contributed by atoms with E-state index in [1.54, 1.807) is 0 Å². The first-order chi connectivity index (χ1) is 8.70. The molecule has 0 aromatic heterocycles. The summed E-state index contributed by atoms with van der Waals surface area (Å²) < 4.78 is 11.6. The quantitative estimate of drug-likeness (QED) is 0.791. The zero-order valence-corrected chi connectivity index (χ0v) is 12.2. The van der Waals surface area contributed by atoms with E-state index in [1.807, 2.05) is 0 Å². The third-order valence-electron chi connectivity index (χ3n) is 5.07. The second kappa shape index (κ2) is 6.36. The van der Waals surface area contributed by atoms with Gasteiger partial charge < -0.3 is 14.8 Å². The van der Waals surface area contributed by atoms with Gasteiger partial charge in [-0.05, 0) is 38.1 Å². The molecule has 3 nitrogen and oxygen atoms in total. The molecule has 3 unspecified atom stereocenters. The van der Waals surface area contributed by atoms with Gasteiger partial charge in [0.2, 0.25) is 0 Å². The van der Waals surface area contributed by atoms with Gasteiger partial charge in [0, 0.05) is 31.3 Å². The highest BCUT2D eigenvalue weighted by atomic mass is 16.5. The van der Waals surface area contributed by atoms with E-state index in [1.165, 1.54) is 25.7 Å². The Morgan fingerprint density at radius 1 is 1.28 bits per heavy atom. The van der Waals surface area contributed by atoms with Crippen LogP contribution in [0, 0.1) is 11.3 Å². The second-order valence-electron chi connectivity index (χ2n) is 6.08. The molecule has 1 aliphatic carbocycles. The summed E-state index contributed by atoms with van der Waals surface area (Å²) in [6, 6.07) is 0.646. The summed E-state index contributed by atoms with van der Waals surface area (Å²) in [6.45, 7) is 10.7. The van der Waals surface area contributed by atoms with Crippen molar-refractivity contribution in [2.75, 3.05) is 26.4 Å². The fourth-order valence-electron chi connectivity index (χ4n) is 3.28. The predicted octanol–water partition coefficient (Wildman–Crippen LogP) is 2.60. The molecule has 0 spiro atoms. The van der Waals surface area contributed by atoms with Crippen molar-refractivity contribution >= 4 is 0 Å². The highest BCUT2D eigenvalue weighted by molar-refractivity contribution is 5.04. The molecule has 0 aromatic carbocycles. The van der Waals surface area contributed by atoms with Crippen molar-refractivity contribution in [1.29, 1.82) is 0 Å². The Bertz CT molecular complexity index is 253. The van der Waals surface area contributed by atoms with Gasteiger partial charge in [-0.15, -0.1) is 0 Å². The standard InChI is InChI=1S/C15H29NO2/c1-4-15(3)13(16-5-2)10-14(15)18-11-12-6-8-17-9-7-12/h12-14,16H,4-11H2,1-3H3. The Morgan fingerprint density at radius 3 is 2.61 bits per heavy atom. The normalized spacial score (nSPS) is 37.5. The van der Waals surface area contributed by atoms with Crippen LogP contribution < -0.4 is 5.32 Å². The highest BCUT2D eigenvalue weighted by Gasteiger charge is 2.50. The monoisotopic (exact) mass is 255 g/mol. The summed E-state index contributed by atoms with van der Waals surface area (Å²) in [5.74, 6) is 0.720. The first kappa shape index (κ1) is 14.3. The van der Waals surface area contributed by atoms with E-state index in [4.69, 9.17) is 9.47 Å². The molecule has 1 heterocycles. The molecule has 1 saturated carbocycles. The fourth-order valence-corrected chi connectivity index (χ4v) is 3.28. The minimum Gasteiger partial charge on any atom is -0.381 e. The largest absolute Gasteiger partial charge is 0.381 e. The number of ether oxygens (including phenoxy) is 2. The number of hydrogen-bond acceptors (Lipinski definition) is 3. The van der Waals surface area contributed by atoms with Gasteiger partial charge in [-0.2, -0.15) is 0 Å². The molecule has 106 valence electrons. The van der Waals surface area contributed by atoms with Crippen LogP contribution in [0.15, 0.2) is 0 Å². The summed E-state index contributed by atoms with van der Waals surface area (Å²) in [6.07, 6.45) is 5.18. The van der Waals surface area contributed by atoms with Crippen molar-refractivity contribution in [3.63, 3.8) is 0 Å². The molecule has 18 heavy (non-hydrogen) atoms. The maximum absolute atomic E-state index is 6.20. The van der Waals surface area contributed by atoms with Crippen molar-refractivity contribution in [2.24, 2.45) is 11.3 Å². The van der Waals surface area contributed by atoms with E-state index in [0.29, 0.717) is 17.6 Å². The average molecular weight is 255 g/mol. The Morgan fingerprint density at radius 2 is 2.00 bits per heavy atom. The predicted molar refractivity (Wildman–Crippen MR) is 73.8 cm³/mol. The summed E-state index contributed by atoms with van der Waals surface area (Å²) in [5, 5.41) is 3.59. The molecule has 1 aliphatic heterocycles. The molecule has 3 heteroatoms. The molecule has 0 amide bonds. The third kappa shape index (κ3) is 2.89. The SMILES string of the molecule is CCNC1CC(OCC2CCOCC2)C1(C)CC. The fraction of sp³-hybridized carbons (Fsp3) is 1.00. The number of hydrogen-bond donors (Lipinski definition) is 1. The van der Waals surface area contributed by atoms with Crippen LogP contribution >= 0.6 is 0 Å². The van der Waals surface area contributed by atoms with Crippen molar-refractivity contribution in [1.82, 2.24) is 5.32 Å². The Balaban J connectivity index is 1.76. The van der Waals surface area contributed by atoms with Gasteiger partial charge in [-0.1, -0.05) is 20.8 Å². The van der Waals surface area contributed by atoms with Gasteiger partial charge in [-0.25, -0.2) is 0 Å². The Labute approximate surface area is 112 Å². The number of rotatable bonds is 6. The lowest BCUT2D eigenvalue weighted by atomic mass is 9.61. The highest BCUT2D eigenvalue weighted by Crippen LogP contribution is 2.46. The maximum Gasteiger partial charge on any atom is 0.0658 e. The lowest BCUT2D eigenvalue weighted by Gasteiger charge is -2.54. The van der Waals surface area contributed by atoms with Crippen LogP contribution in [0.1, 0.15) is 46.5 Å². The van der Waals surface area contributed by atoms with E-state index in [0.717, 1.165) is 32.3 Å². The minimum absolute atomic E-state index is 0.335. The van der Waals surface area contributed by atoms with Crippen LogP contribution in [0.3, 0.4) is 0 Å². The van der Waals surface area contributed by atoms with Crippen LogP contribution in [0.4, 0.5) is 0 Å². The summed E-state index contributed by atoms with van der Waals surface area (Å²) >= 11 is 0. The third-order valence-corrected chi connectivity index (χ3v) is 5.07. The van der Waals surface area contributed by atoms with E-state index in [-0.39, 0.29) is 0 Å². The van der Waals surface area contributed by atoms with Gasteiger partial charge in [0.05, 0.1) is 6.10 Å². The smallest absolute Gasteiger partial charge is 0.0658 e. The van der Waals surface area contributed by atoms with Gasteiger partial charge in [0.1, 0.15) is 0 Å². The van der Waals surface area contributed by atoms with Crippen molar-refractivity contribution in [3.05, 3.63) is 0 Å². The lowest BCUT2D eigenvalue weighted by molar-refractivity contribution is -0.141. The molecule has 0 bridgehead atoms. The minimum atomic E-state index is 0.335. The lowest BCUT2D eigenvalue weighted by Crippen LogP contribution is -2.62. The molecule has 0 radical (unpaired) electrons. The molecular weight excluding hydrogens is 226 g/mol. The van der Waals surface area contributed by atoms with Crippen LogP contribution in [0.2, 0.25) is 0 Å². The van der Waals surface area contributed by atoms with Crippen LogP contribution in [0.5, 0.6) is 0 Å². The summed E-state index contributed by atoms with van der Waals surface area (Å²) in [4.78, 5) is 0. The molecule has 2 rings (SSSR count). The van der Waals surface area contributed by atoms with Crippen LogP contribution in [0.25, 0.3) is 0 Å². The second-order valence-corrected chi connectivity index (χ2v) is 6.08. The molecule has 0 aromatic rings. The van der Waals surface area contributed by atoms with Gasteiger partial charge >= 0.3 is 0 Å². The summed E-state index contributed by atoms with van der Waals surface area (Å²) in [5.41, 5.74) is 0.335. The Hall–Kier alpha value is -0.120. The van der Waals surface area contributed by atoms with Gasteiger partial charge in [0.15, 0.2) is 0 Å². The zero-order valence-electron chi connectivity index (χ0n) is 12.2. The van der Waals surface area contributed by atoms with Crippen molar-refractivity contribution < 1.29 is 9.47 Å². The van der Waals surface area contributed by atoms with E-state index < -0.39 is 0 Å². The van der Waals surface area contributed by atoms with Gasteiger partial charge in [-0.3, -0.25) is 0 Å². The first-order valence-corrected chi connectivity index (χ1v) is 7.63. The van der Waals surface area contributed by atoms with E-state index in [9.17, 15) is 0 Å².